The van der Waals surface area contributed by atoms with Gasteiger partial charge in [-0.1, -0.05) is 38.0 Å². The van der Waals surface area contributed by atoms with Crippen LogP contribution in [0.1, 0.15) is 38.2 Å². The molecule has 0 bridgehead atoms. The first-order valence-electron chi connectivity index (χ1n) is 8.42. The molecule has 1 aliphatic heterocycles. The highest BCUT2D eigenvalue weighted by Crippen LogP contribution is 2.33. The molecule has 2 N–H and O–H groups in total. The Bertz CT molecular complexity index is 454. The molecule has 3 heteroatoms. The van der Waals surface area contributed by atoms with Crippen molar-refractivity contribution in [3.05, 3.63) is 29.8 Å². The van der Waals surface area contributed by atoms with E-state index in [1.165, 1.54) is 31.2 Å². The molecule has 0 amide bonds. The largest absolute Gasteiger partial charge is 0.492 e. The standard InChI is InChI=1S/C18H28N2O/c1-14-6-8-15(9-7-14)17(12-19)20-10-11-21-18-5-3-2-4-16(18)13-20/h2-5,14-15,17H,6-13,19H2,1H3. The Labute approximate surface area is 128 Å². The zero-order valence-electron chi connectivity index (χ0n) is 13.1. The number of benzene rings is 1. The first-order chi connectivity index (χ1) is 10.3. The number of ether oxygens (including phenoxy) is 1. The highest BCUT2D eigenvalue weighted by atomic mass is 16.5. The third-order valence-electron chi connectivity index (χ3n) is 5.30. The lowest BCUT2D eigenvalue weighted by Crippen LogP contribution is -2.47. The minimum atomic E-state index is 0.507. The van der Waals surface area contributed by atoms with Gasteiger partial charge in [0, 0.05) is 31.2 Å². The average molecular weight is 288 g/mol. The van der Waals surface area contributed by atoms with Crippen LogP contribution in [-0.4, -0.2) is 30.6 Å². The highest BCUT2D eigenvalue weighted by Gasteiger charge is 2.30. The van der Waals surface area contributed by atoms with Gasteiger partial charge < -0.3 is 10.5 Å². The van der Waals surface area contributed by atoms with Crippen LogP contribution in [0.25, 0.3) is 0 Å². The van der Waals surface area contributed by atoms with Crippen molar-refractivity contribution in [1.82, 2.24) is 4.90 Å². The number of fused-ring (bicyclic) bond motifs is 1. The van der Waals surface area contributed by atoms with Crippen LogP contribution in [0.2, 0.25) is 0 Å². The van der Waals surface area contributed by atoms with Crippen LogP contribution in [0.5, 0.6) is 5.75 Å². The molecule has 0 saturated heterocycles. The molecule has 2 aliphatic rings. The SMILES string of the molecule is CC1CCC(C(CN)N2CCOc3ccccc3C2)CC1. The topological polar surface area (TPSA) is 38.5 Å². The van der Waals surface area contributed by atoms with Crippen molar-refractivity contribution >= 4 is 0 Å². The van der Waals surface area contributed by atoms with Gasteiger partial charge in [0.1, 0.15) is 12.4 Å². The molecule has 3 nitrogen and oxygen atoms in total. The van der Waals surface area contributed by atoms with Gasteiger partial charge in [0.2, 0.25) is 0 Å². The van der Waals surface area contributed by atoms with Gasteiger partial charge in [-0.3, -0.25) is 4.90 Å². The third kappa shape index (κ3) is 3.41. The van der Waals surface area contributed by atoms with Crippen molar-refractivity contribution in [2.45, 2.75) is 45.2 Å². The molecule has 0 radical (unpaired) electrons. The van der Waals surface area contributed by atoms with Crippen LogP contribution in [0.3, 0.4) is 0 Å². The van der Waals surface area contributed by atoms with E-state index in [2.05, 4.69) is 36.1 Å². The maximum absolute atomic E-state index is 6.16. The summed E-state index contributed by atoms with van der Waals surface area (Å²) in [6.07, 6.45) is 5.40. The molecule has 1 aromatic carbocycles. The summed E-state index contributed by atoms with van der Waals surface area (Å²) in [6.45, 7) is 5.88. The van der Waals surface area contributed by atoms with Crippen LogP contribution in [-0.2, 0) is 6.54 Å². The summed E-state index contributed by atoms with van der Waals surface area (Å²) in [5.74, 6) is 2.71. The summed E-state index contributed by atoms with van der Waals surface area (Å²) in [7, 11) is 0. The van der Waals surface area contributed by atoms with Gasteiger partial charge in [0.15, 0.2) is 0 Å². The van der Waals surface area contributed by atoms with Crippen LogP contribution in [0.15, 0.2) is 24.3 Å². The number of nitrogens with two attached hydrogens (primary N) is 1. The van der Waals surface area contributed by atoms with E-state index in [1.807, 2.05) is 0 Å². The Hall–Kier alpha value is -1.06. The summed E-state index contributed by atoms with van der Waals surface area (Å²) in [5, 5.41) is 0. The van der Waals surface area contributed by atoms with Crippen molar-refractivity contribution in [2.24, 2.45) is 17.6 Å². The van der Waals surface area contributed by atoms with Crippen molar-refractivity contribution in [2.75, 3.05) is 19.7 Å². The molecule has 1 unspecified atom stereocenters. The van der Waals surface area contributed by atoms with Gasteiger partial charge in [-0.15, -0.1) is 0 Å². The van der Waals surface area contributed by atoms with E-state index in [4.69, 9.17) is 10.5 Å². The number of rotatable bonds is 3. The fraction of sp³-hybridized carbons (Fsp3) is 0.667. The average Bonchev–Trinajstić information content (AvgIpc) is 2.72. The van der Waals surface area contributed by atoms with Gasteiger partial charge in [-0.2, -0.15) is 0 Å². The van der Waals surface area contributed by atoms with E-state index in [0.717, 1.165) is 43.8 Å². The molecule has 1 aromatic rings. The molecular weight excluding hydrogens is 260 g/mol. The predicted molar refractivity (Wildman–Crippen MR) is 86.3 cm³/mol. The molecule has 1 aliphatic carbocycles. The van der Waals surface area contributed by atoms with Gasteiger partial charge in [-0.25, -0.2) is 0 Å². The van der Waals surface area contributed by atoms with E-state index >= 15 is 0 Å². The lowest BCUT2D eigenvalue weighted by Gasteiger charge is -2.38. The second-order valence-electron chi connectivity index (χ2n) is 6.75. The van der Waals surface area contributed by atoms with Crippen LogP contribution >= 0.6 is 0 Å². The molecule has 21 heavy (non-hydrogen) atoms. The van der Waals surface area contributed by atoms with E-state index in [9.17, 15) is 0 Å². The smallest absolute Gasteiger partial charge is 0.123 e. The van der Waals surface area contributed by atoms with E-state index in [-0.39, 0.29) is 0 Å². The second kappa shape index (κ2) is 6.80. The van der Waals surface area contributed by atoms with Crippen molar-refractivity contribution < 1.29 is 4.74 Å². The summed E-state index contributed by atoms with van der Waals surface area (Å²) >= 11 is 0. The van der Waals surface area contributed by atoms with Crippen molar-refractivity contribution in [3.63, 3.8) is 0 Å². The zero-order valence-corrected chi connectivity index (χ0v) is 13.1. The molecule has 1 fully saturated rings. The Balaban J connectivity index is 1.72. The van der Waals surface area contributed by atoms with Gasteiger partial charge in [0.05, 0.1) is 0 Å². The van der Waals surface area contributed by atoms with E-state index in [1.54, 1.807) is 0 Å². The molecule has 0 aromatic heterocycles. The summed E-state index contributed by atoms with van der Waals surface area (Å²) < 4.78 is 5.90. The maximum atomic E-state index is 6.16. The fourth-order valence-corrected chi connectivity index (χ4v) is 3.94. The zero-order chi connectivity index (χ0) is 14.7. The molecule has 1 saturated carbocycles. The second-order valence-corrected chi connectivity index (χ2v) is 6.75. The minimum Gasteiger partial charge on any atom is -0.492 e. The first kappa shape index (κ1) is 14.9. The van der Waals surface area contributed by atoms with Gasteiger partial charge >= 0.3 is 0 Å². The monoisotopic (exact) mass is 288 g/mol. The van der Waals surface area contributed by atoms with Crippen molar-refractivity contribution in [1.29, 1.82) is 0 Å². The minimum absolute atomic E-state index is 0.507. The molecule has 1 atom stereocenters. The quantitative estimate of drug-likeness (QED) is 0.929. The lowest BCUT2D eigenvalue weighted by atomic mass is 9.78. The van der Waals surface area contributed by atoms with Crippen LogP contribution < -0.4 is 10.5 Å². The Morgan fingerprint density at radius 3 is 2.76 bits per heavy atom. The molecule has 1 heterocycles. The lowest BCUT2D eigenvalue weighted by molar-refractivity contribution is 0.0987. The molecule has 116 valence electrons. The molecule has 0 spiro atoms. The van der Waals surface area contributed by atoms with Gasteiger partial charge in [-0.05, 0) is 30.7 Å². The van der Waals surface area contributed by atoms with Gasteiger partial charge in [0.25, 0.3) is 0 Å². The summed E-state index contributed by atoms with van der Waals surface area (Å²) in [4.78, 5) is 2.56. The maximum Gasteiger partial charge on any atom is 0.123 e. The van der Waals surface area contributed by atoms with E-state index < -0.39 is 0 Å². The van der Waals surface area contributed by atoms with E-state index in [0.29, 0.717) is 6.04 Å². The third-order valence-corrected chi connectivity index (χ3v) is 5.30. The Morgan fingerprint density at radius 2 is 2.00 bits per heavy atom. The number of hydrogen-bond donors (Lipinski definition) is 1. The number of hydrogen-bond acceptors (Lipinski definition) is 3. The first-order valence-corrected chi connectivity index (χ1v) is 8.42. The number of nitrogens with zero attached hydrogens (tertiary/aromatic N) is 1. The Kier molecular flexibility index (Phi) is 4.81. The highest BCUT2D eigenvalue weighted by molar-refractivity contribution is 5.33. The summed E-state index contributed by atoms with van der Waals surface area (Å²) in [6, 6.07) is 8.93. The normalized spacial score (nSPS) is 28.3. The molecular formula is C18H28N2O. The predicted octanol–water partition coefficient (Wildman–Crippen LogP) is 3.03. The molecule has 3 rings (SSSR count). The van der Waals surface area contributed by atoms with Crippen LogP contribution in [0, 0.1) is 11.8 Å². The van der Waals surface area contributed by atoms with Crippen LogP contribution in [0.4, 0.5) is 0 Å². The van der Waals surface area contributed by atoms with Crippen molar-refractivity contribution in [3.8, 4) is 5.75 Å². The summed E-state index contributed by atoms with van der Waals surface area (Å²) in [5.41, 5.74) is 7.46. The Morgan fingerprint density at radius 1 is 1.24 bits per heavy atom. The fourth-order valence-electron chi connectivity index (χ4n) is 3.94. The number of para-hydroxylation sites is 1.